The van der Waals surface area contributed by atoms with E-state index in [-0.39, 0.29) is 12.1 Å². The first kappa shape index (κ1) is 18.6. The van der Waals surface area contributed by atoms with Crippen LogP contribution in [0.3, 0.4) is 0 Å². The number of carbonyl (C=O) groups excluding carboxylic acids is 1. The van der Waals surface area contributed by atoms with E-state index in [1.165, 1.54) is 0 Å². The van der Waals surface area contributed by atoms with Crippen molar-refractivity contribution in [2.75, 3.05) is 12.4 Å². The number of nitrogens with one attached hydrogen (secondary N) is 4. The number of hydrogen-bond donors (Lipinski definition) is 4. The van der Waals surface area contributed by atoms with E-state index in [0.29, 0.717) is 11.2 Å². The lowest BCUT2D eigenvalue weighted by molar-refractivity contribution is 0.234. The minimum atomic E-state index is -0.120. The van der Waals surface area contributed by atoms with Gasteiger partial charge >= 0.3 is 6.03 Å². The first-order chi connectivity index (χ1) is 13.6. The molecule has 1 saturated carbocycles. The lowest BCUT2D eigenvalue weighted by atomic mass is 9.91. The van der Waals surface area contributed by atoms with Gasteiger partial charge in [-0.15, -0.1) is 0 Å². The van der Waals surface area contributed by atoms with Gasteiger partial charge < -0.3 is 20.9 Å². The van der Waals surface area contributed by atoms with E-state index in [1.54, 1.807) is 13.2 Å². The van der Waals surface area contributed by atoms with Crippen LogP contribution in [0.15, 0.2) is 36.7 Å². The van der Waals surface area contributed by atoms with Crippen molar-refractivity contribution in [3.05, 3.63) is 41.8 Å². The van der Waals surface area contributed by atoms with Crippen LogP contribution in [0.2, 0.25) is 5.15 Å². The quantitative estimate of drug-likeness (QED) is 0.501. The Labute approximate surface area is 168 Å². The number of fused-ring (bicyclic) bond motifs is 1. The van der Waals surface area contributed by atoms with Crippen LogP contribution in [0.25, 0.3) is 22.2 Å². The molecule has 1 aliphatic carbocycles. The summed E-state index contributed by atoms with van der Waals surface area (Å²) in [7, 11) is 1.63. The highest BCUT2D eigenvalue weighted by molar-refractivity contribution is 6.29. The number of aromatic nitrogens is 3. The van der Waals surface area contributed by atoms with Crippen molar-refractivity contribution in [2.45, 2.75) is 37.8 Å². The highest BCUT2D eigenvalue weighted by atomic mass is 35.5. The van der Waals surface area contributed by atoms with E-state index in [2.05, 4.69) is 30.9 Å². The fourth-order valence-corrected chi connectivity index (χ4v) is 3.98. The molecule has 4 rings (SSSR count). The average molecular weight is 399 g/mol. The monoisotopic (exact) mass is 398 g/mol. The molecule has 0 saturated heterocycles. The molecular weight excluding hydrogens is 376 g/mol. The second kappa shape index (κ2) is 8.06. The number of rotatable bonds is 4. The molecule has 2 amide bonds. The number of urea groups is 1. The van der Waals surface area contributed by atoms with Gasteiger partial charge in [-0.25, -0.2) is 14.8 Å². The van der Waals surface area contributed by atoms with E-state index >= 15 is 0 Å². The number of amides is 2. The third-order valence-corrected chi connectivity index (χ3v) is 5.39. The lowest BCUT2D eigenvalue weighted by Gasteiger charge is -2.30. The third kappa shape index (κ3) is 4.04. The molecule has 146 valence electrons. The summed E-state index contributed by atoms with van der Waals surface area (Å²) in [6.45, 7) is 0. The maximum Gasteiger partial charge on any atom is 0.314 e. The van der Waals surface area contributed by atoms with Crippen molar-refractivity contribution in [1.82, 2.24) is 25.6 Å². The molecule has 0 unspecified atom stereocenters. The van der Waals surface area contributed by atoms with Crippen molar-refractivity contribution in [2.24, 2.45) is 0 Å². The summed E-state index contributed by atoms with van der Waals surface area (Å²) in [4.78, 5) is 23.5. The summed E-state index contributed by atoms with van der Waals surface area (Å²) < 4.78 is 0. The first-order valence-corrected chi connectivity index (χ1v) is 9.85. The van der Waals surface area contributed by atoms with Crippen molar-refractivity contribution >= 4 is 34.5 Å². The van der Waals surface area contributed by atoms with Crippen LogP contribution in [0.1, 0.15) is 25.7 Å². The van der Waals surface area contributed by atoms with Crippen LogP contribution in [0, 0.1) is 0 Å². The van der Waals surface area contributed by atoms with Crippen LogP contribution in [-0.4, -0.2) is 40.1 Å². The molecule has 0 aromatic carbocycles. The Morgan fingerprint density at radius 1 is 1.21 bits per heavy atom. The van der Waals surface area contributed by atoms with Gasteiger partial charge in [-0.3, -0.25) is 0 Å². The normalized spacial score (nSPS) is 19.4. The van der Waals surface area contributed by atoms with Gasteiger partial charge in [0.15, 0.2) is 0 Å². The Hall–Kier alpha value is -2.80. The Morgan fingerprint density at radius 2 is 2.00 bits per heavy atom. The van der Waals surface area contributed by atoms with Gasteiger partial charge in [0, 0.05) is 42.5 Å². The van der Waals surface area contributed by atoms with E-state index < -0.39 is 0 Å². The fourth-order valence-electron chi connectivity index (χ4n) is 3.77. The van der Waals surface area contributed by atoms with Crippen molar-refractivity contribution in [3.8, 4) is 11.1 Å². The molecule has 0 bridgehead atoms. The van der Waals surface area contributed by atoms with Gasteiger partial charge in [-0.1, -0.05) is 11.6 Å². The summed E-state index contributed by atoms with van der Waals surface area (Å²) in [5.74, 6) is 0.767. The molecule has 0 radical (unpaired) electrons. The second-order valence-corrected chi connectivity index (χ2v) is 7.47. The van der Waals surface area contributed by atoms with E-state index in [1.807, 2.05) is 30.5 Å². The summed E-state index contributed by atoms with van der Waals surface area (Å²) in [5, 5.41) is 10.6. The van der Waals surface area contributed by atoms with E-state index in [0.717, 1.165) is 53.7 Å². The maximum absolute atomic E-state index is 11.5. The minimum Gasteiger partial charge on any atom is -0.367 e. The number of H-pyrrole nitrogens is 1. The number of aromatic amines is 1. The summed E-state index contributed by atoms with van der Waals surface area (Å²) in [6, 6.07) is 8.27. The Bertz CT molecular complexity index is 980. The number of anilines is 1. The second-order valence-electron chi connectivity index (χ2n) is 7.08. The van der Waals surface area contributed by atoms with Gasteiger partial charge in [0.25, 0.3) is 0 Å². The molecular formula is C20H23ClN6O. The van der Waals surface area contributed by atoms with Gasteiger partial charge in [0.1, 0.15) is 16.6 Å². The van der Waals surface area contributed by atoms with Crippen LogP contribution in [0.5, 0.6) is 0 Å². The summed E-state index contributed by atoms with van der Waals surface area (Å²) in [6.07, 6.45) is 7.52. The van der Waals surface area contributed by atoms with Crippen LogP contribution < -0.4 is 16.0 Å². The van der Waals surface area contributed by atoms with Gasteiger partial charge in [-0.2, -0.15) is 0 Å². The van der Waals surface area contributed by atoms with E-state index in [4.69, 9.17) is 11.6 Å². The highest BCUT2D eigenvalue weighted by Crippen LogP contribution is 2.31. The van der Waals surface area contributed by atoms with Crippen molar-refractivity contribution < 1.29 is 4.79 Å². The van der Waals surface area contributed by atoms with Crippen molar-refractivity contribution in [1.29, 1.82) is 0 Å². The molecule has 7 nitrogen and oxygen atoms in total. The number of carbonyl (C=O) groups is 1. The maximum atomic E-state index is 11.5. The number of pyridine rings is 2. The molecule has 3 heterocycles. The van der Waals surface area contributed by atoms with Gasteiger partial charge in [0.2, 0.25) is 0 Å². The molecule has 0 spiro atoms. The summed E-state index contributed by atoms with van der Waals surface area (Å²) in [5.41, 5.74) is 2.90. The zero-order chi connectivity index (χ0) is 19.5. The number of hydrogen-bond acceptors (Lipinski definition) is 4. The third-order valence-electron chi connectivity index (χ3n) is 5.20. The average Bonchev–Trinajstić information content (AvgIpc) is 3.13. The van der Waals surface area contributed by atoms with Gasteiger partial charge in [-0.05, 0) is 55.5 Å². The highest BCUT2D eigenvalue weighted by Gasteiger charge is 2.22. The molecule has 4 N–H and O–H groups in total. The molecule has 8 heteroatoms. The summed E-state index contributed by atoms with van der Waals surface area (Å²) >= 11 is 6.30. The molecule has 1 aliphatic rings. The lowest BCUT2D eigenvalue weighted by Crippen LogP contribution is -2.43. The van der Waals surface area contributed by atoms with Crippen LogP contribution in [-0.2, 0) is 0 Å². The standard InChI is InChI=1S/C20H23ClN6O/c1-22-20(28)26-14-6-4-13(5-7-14)25-18-10-12(9-17(21)27-18)16-11-24-19-15(16)3-2-8-23-19/h2-3,8-11,13-14H,4-7H2,1H3,(H,23,24)(H,25,27)(H2,22,26,28). The SMILES string of the molecule is CNC(=O)NC1CCC(Nc2cc(-c3c[nH]c4ncccc34)cc(Cl)n2)CC1. The molecule has 1 fully saturated rings. The molecule has 0 aliphatic heterocycles. The topological polar surface area (TPSA) is 94.7 Å². The Morgan fingerprint density at radius 3 is 2.79 bits per heavy atom. The largest absolute Gasteiger partial charge is 0.367 e. The van der Waals surface area contributed by atoms with Crippen molar-refractivity contribution in [3.63, 3.8) is 0 Å². The fraction of sp³-hybridized carbons (Fsp3) is 0.350. The first-order valence-electron chi connectivity index (χ1n) is 9.47. The van der Waals surface area contributed by atoms with Crippen LogP contribution in [0.4, 0.5) is 10.6 Å². The molecule has 3 aromatic heterocycles. The zero-order valence-electron chi connectivity index (χ0n) is 15.6. The predicted octanol–water partition coefficient (Wildman–Crippen LogP) is 3.93. The Balaban J connectivity index is 1.47. The smallest absolute Gasteiger partial charge is 0.314 e. The molecule has 28 heavy (non-hydrogen) atoms. The number of nitrogens with zero attached hydrogens (tertiary/aromatic N) is 2. The predicted molar refractivity (Wildman–Crippen MR) is 112 cm³/mol. The Kier molecular flexibility index (Phi) is 5.34. The molecule has 3 aromatic rings. The van der Waals surface area contributed by atoms with Crippen LogP contribution >= 0.6 is 11.6 Å². The van der Waals surface area contributed by atoms with E-state index in [9.17, 15) is 4.79 Å². The molecule has 0 atom stereocenters. The zero-order valence-corrected chi connectivity index (χ0v) is 16.4. The van der Waals surface area contributed by atoms with Gasteiger partial charge in [0.05, 0.1) is 0 Å². The minimum absolute atomic E-state index is 0.120. The number of halogens is 1.